The summed E-state index contributed by atoms with van der Waals surface area (Å²) in [5.41, 5.74) is 2.79. The van der Waals surface area contributed by atoms with Crippen LogP contribution in [0.4, 0.5) is 0 Å². The Bertz CT molecular complexity index is 1020. The quantitative estimate of drug-likeness (QED) is 0.617. The minimum absolute atomic E-state index is 0.0141. The molecule has 3 aromatic rings. The number of carbonyl (C=O) groups excluding carboxylic acids is 2. The molecule has 1 unspecified atom stereocenters. The first-order valence-electron chi connectivity index (χ1n) is 10.8. The van der Waals surface area contributed by atoms with E-state index in [0.717, 1.165) is 18.4 Å². The molecule has 0 N–H and O–H groups in total. The molecule has 0 saturated carbocycles. The standard InChI is InChI=1S/C25H28N4O2/c1-27(17-21-16-26-28(19-21)18-20-10-4-2-5-11-20)25(31)23-14-8-9-15-29(23)24(30)22-12-6-3-7-13-22/h2-7,10-13,16,19,23H,8-9,14-15,17-18H2,1H3. The second-order valence-electron chi connectivity index (χ2n) is 8.10. The Balaban J connectivity index is 1.41. The van der Waals surface area contributed by atoms with Gasteiger partial charge in [0.05, 0.1) is 12.7 Å². The molecule has 6 nitrogen and oxygen atoms in total. The van der Waals surface area contributed by atoms with Gasteiger partial charge in [0.2, 0.25) is 5.91 Å². The van der Waals surface area contributed by atoms with Crippen molar-refractivity contribution in [2.75, 3.05) is 13.6 Å². The van der Waals surface area contributed by atoms with Crippen LogP contribution in [-0.2, 0) is 17.9 Å². The molecule has 0 bridgehead atoms. The lowest BCUT2D eigenvalue weighted by Gasteiger charge is -2.36. The second-order valence-corrected chi connectivity index (χ2v) is 8.10. The predicted molar refractivity (Wildman–Crippen MR) is 119 cm³/mol. The van der Waals surface area contributed by atoms with Crippen molar-refractivity contribution in [3.63, 3.8) is 0 Å². The first-order valence-corrected chi connectivity index (χ1v) is 10.8. The van der Waals surface area contributed by atoms with E-state index in [-0.39, 0.29) is 11.8 Å². The third-order valence-corrected chi connectivity index (χ3v) is 5.74. The van der Waals surface area contributed by atoms with Crippen LogP contribution in [0.2, 0.25) is 0 Å². The molecule has 0 aliphatic carbocycles. The van der Waals surface area contributed by atoms with Gasteiger partial charge in [-0.15, -0.1) is 0 Å². The van der Waals surface area contributed by atoms with Gasteiger partial charge in [-0.2, -0.15) is 5.10 Å². The van der Waals surface area contributed by atoms with Crippen LogP contribution in [0, 0.1) is 0 Å². The van der Waals surface area contributed by atoms with Crippen LogP contribution in [-0.4, -0.2) is 51.0 Å². The van der Waals surface area contributed by atoms with E-state index in [2.05, 4.69) is 17.2 Å². The highest BCUT2D eigenvalue weighted by Gasteiger charge is 2.34. The van der Waals surface area contributed by atoms with Gasteiger partial charge >= 0.3 is 0 Å². The van der Waals surface area contributed by atoms with Crippen molar-refractivity contribution < 1.29 is 9.59 Å². The Hall–Kier alpha value is -3.41. The fourth-order valence-electron chi connectivity index (χ4n) is 4.13. The van der Waals surface area contributed by atoms with Gasteiger partial charge in [0.15, 0.2) is 0 Å². The zero-order chi connectivity index (χ0) is 21.6. The number of benzene rings is 2. The first kappa shape index (κ1) is 20.8. The first-order chi connectivity index (χ1) is 15.1. The number of piperidine rings is 1. The average molecular weight is 417 g/mol. The van der Waals surface area contributed by atoms with Crippen molar-refractivity contribution in [1.29, 1.82) is 0 Å². The van der Waals surface area contributed by atoms with Crippen LogP contribution in [0.5, 0.6) is 0 Å². The molecular formula is C25H28N4O2. The van der Waals surface area contributed by atoms with Crippen LogP contribution in [0.25, 0.3) is 0 Å². The summed E-state index contributed by atoms with van der Waals surface area (Å²) < 4.78 is 1.88. The molecule has 1 atom stereocenters. The maximum Gasteiger partial charge on any atom is 0.254 e. The van der Waals surface area contributed by atoms with E-state index < -0.39 is 6.04 Å². The smallest absolute Gasteiger partial charge is 0.254 e. The summed E-state index contributed by atoms with van der Waals surface area (Å²) >= 11 is 0. The van der Waals surface area contributed by atoms with Crippen LogP contribution < -0.4 is 0 Å². The number of nitrogens with zero attached hydrogens (tertiary/aromatic N) is 4. The zero-order valence-electron chi connectivity index (χ0n) is 17.9. The molecule has 1 aromatic heterocycles. The molecule has 31 heavy (non-hydrogen) atoms. The number of carbonyl (C=O) groups is 2. The number of likely N-dealkylation sites (N-methyl/N-ethyl adjacent to an activating group) is 1. The molecule has 1 aliphatic rings. The van der Waals surface area contributed by atoms with E-state index in [1.165, 1.54) is 5.56 Å². The van der Waals surface area contributed by atoms with E-state index in [4.69, 9.17) is 0 Å². The van der Waals surface area contributed by atoms with E-state index in [0.29, 0.717) is 31.6 Å². The Morgan fingerprint density at radius 2 is 1.71 bits per heavy atom. The summed E-state index contributed by atoms with van der Waals surface area (Å²) in [6, 6.07) is 19.0. The van der Waals surface area contributed by atoms with Crippen molar-refractivity contribution in [3.05, 3.63) is 89.7 Å². The van der Waals surface area contributed by atoms with Gasteiger partial charge in [-0.25, -0.2) is 0 Å². The number of likely N-dealkylation sites (tertiary alicyclic amines) is 1. The lowest BCUT2D eigenvalue weighted by atomic mass is 9.99. The topological polar surface area (TPSA) is 58.4 Å². The number of rotatable bonds is 6. The molecule has 1 saturated heterocycles. The normalized spacial score (nSPS) is 16.2. The van der Waals surface area contributed by atoms with Crippen molar-refractivity contribution in [3.8, 4) is 0 Å². The fourth-order valence-corrected chi connectivity index (χ4v) is 4.13. The molecule has 2 aromatic carbocycles. The van der Waals surface area contributed by atoms with Gasteiger partial charge in [-0.05, 0) is 37.0 Å². The van der Waals surface area contributed by atoms with Gasteiger partial charge < -0.3 is 9.80 Å². The summed E-state index contributed by atoms with van der Waals surface area (Å²) in [7, 11) is 1.80. The monoisotopic (exact) mass is 416 g/mol. The van der Waals surface area contributed by atoms with E-state index in [1.54, 1.807) is 23.0 Å². The maximum atomic E-state index is 13.3. The summed E-state index contributed by atoms with van der Waals surface area (Å²) in [4.78, 5) is 29.7. The van der Waals surface area contributed by atoms with Crippen LogP contribution in [0.15, 0.2) is 73.1 Å². The fraction of sp³-hybridized carbons (Fsp3) is 0.320. The molecule has 1 fully saturated rings. The molecule has 160 valence electrons. The molecule has 0 spiro atoms. The molecular weight excluding hydrogens is 388 g/mol. The summed E-state index contributed by atoms with van der Waals surface area (Å²) in [6.45, 7) is 1.78. The van der Waals surface area contributed by atoms with E-state index in [9.17, 15) is 9.59 Å². The van der Waals surface area contributed by atoms with Crippen molar-refractivity contribution in [2.45, 2.75) is 38.4 Å². The minimum atomic E-state index is -0.411. The van der Waals surface area contributed by atoms with Crippen LogP contribution in [0.1, 0.15) is 40.7 Å². The van der Waals surface area contributed by atoms with Crippen LogP contribution in [0.3, 0.4) is 0 Å². The highest BCUT2D eigenvalue weighted by atomic mass is 16.2. The summed E-state index contributed by atoms with van der Waals surface area (Å²) in [5, 5.41) is 4.43. The van der Waals surface area contributed by atoms with Gasteiger partial charge in [0.25, 0.3) is 5.91 Å². The number of hydrogen-bond donors (Lipinski definition) is 0. The predicted octanol–water partition coefficient (Wildman–Crippen LogP) is 3.58. The molecule has 6 heteroatoms. The Kier molecular flexibility index (Phi) is 6.46. The molecule has 4 rings (SSSR count). The van der Waals surface area contributed by atoms with Gasteiger partial charge in [0, 0.05) is 37.5 Å². The van der Waals surface area contributed by atoms with Gasteiger partial charge in [0.1, 0.15) is 6.04 Å². The lowest BCUT2D eigenvalue weighted by Crippen LogP contribution is -2.52. The second kappa shape index (κ2) is 9.60. The maximum absolute atomic E-state index is 13.3. The SMILES string of the molecule is CN(Cc1cnn(Cc2ccccc2)c1)C(=O)C1CCCCN1C(=O)c1ccccc1. The number of amides is 2. The van der Waals surface area contributed by atoms with E-state index >= 15 is 0 Å². The zero-order valence-corrected chi connectivity index (χ0v) is 17.9. The molecule has 2 heterocycles. The third kappa shape index (κ3) is 5.02. The number of aromatic nitrogens is 2. The highest BCUT2D eigenvalue weighted by molar-refractivity contribution is 5.97. The van der Waals surface area contributed by atoms with E-state index in [1.807, 2.05) is 59.4 Å². The summed E-state index contributed by atoms with van der Waals surface area (Å²) in [5.74, 6) is -0.0810. The van der Waals surface area contributed by atoms with Crippen molar-refractivity contribution >= 4 is 11.8 Å². The van der Waals surface area contributed by atoms with Gasteiger partial charge in [-0.1, -0.05) is 48.5 Å². The molecule has 2 amide bonds. The Morgan fingerprint density at radius 3 is 2.45 bits per heavy atom. The molecule has 0 radical (unpaired) electrons. The average Bonchev–Trinajstić information content (AvgIpc) is 3.25. The lowest BCUT2D eigenvalue weighted by molar-refractivity contribution is -0.136. The Morgan fingerprint density at radius 1 is 1.00 bits per heavy atom. The minimum Gasteiger partial charge on any atom is -0.340 e. The number of hydrogen-bond acceptors (Lipinski definition) is 3. The van der Waals surface area contributed by atoms with Gasteiger partial charge in [-0.3, -0.25) is 14.3 Å². The summed E-state index contributed by atoms with van der Waals surface area (Å²) in [6.07, 6.45) is 6.37. The highest BCUT2D eigenvalue weighted by Crippen LogP contribution is 2.22. The van der Waals surface area contributed by atoms with Crippen molar-refractivity contribution in [2.24, 2.45) is 0 Å². The largest absolute Gasteiger partial charge is 0.340 e. The Labute approximate surface area is 183 Å². The van der Waals surface area contributed by atoms with Crippen LogP contribution >= 0.6 is 0 Å². The molecule has 1 aliphatic heterocycles. The van der Waals surface area contributed by atoms with Crippen molar-refractivity contribution in [1.82, 2.24) is 19.6 Å². The third-order valence-electron chi connectivity index (χ3n) is 5.74.